The van der Waals surface area contributed by atoms with Gasteiger partial charge in [-0.2, -0.15) is 4.72 Å². The number of hydrogen-bond acceptors (Lipinski definition) is 5. The molecule has 0 fully saturated rings. The van der Waals surface area contributed by atoms with Crippen LogP contribution in [0.2, 0.25) is 0 Å². The van der Waals surface area contributed by atoms with Crippen LogP contribution in [0.15, 0.2) is 11.0 Å². The summed E-state index contributed by atoms with van der Waals surface area (Å²) in [6.07, 6.45) is 0. The number of hydrogen-bond donors (Lipinski definition) is 2. The van der Waals surface area contributed by atoms with Crippen LogP contribution < -0.4 is 10.5 Å². The number of nitrogens with two attached hydrogens (primary N) is 1. The van der Waals surface area contributed by atoms with E-state index in [1.165, 1.54) is 6.92 Å². The van der Waals surface area contributed by atoms with Gasteiger partial charge < -0.3 is 10.5 Å². The van der Waals surface area contributed by atoms with Crippen LogP contribution in [0.3, 0.4) is 0 Å². The van der Waals surface area contributed by atoms with E-state index in [1.807, 2.05) is 19.9 Å². The lowest BCUT2D eigenvalue weighted by Crippen LogP contribution is -2.41. The highest BCUT2D eigenvalue weighted by Gasteiger charge is 2.27. The Morgan fingerprint density at radius 3 is 2.09 bits per heavy atom. The summed E-state index contributed by atoms with van der Waals surface area (Å²) in [4.78, 5) is 22.5. The summed E-state index contributed by atoms with van der Waals surface area (Å²) < 4.78 is 32.1. The van der Waals surface area contributed by atoms with Crippen molar-refractivity contribution in [1.82, 2.24) is 4.72 Å². The van der Waals surface area contributed by atoms with E-state index >= 15 is 0 Å². The Morgan fingerprint density at radius 1 is 1.17 bits per heavy atom. The van der Waals surface area contributed by atoms with E-state index in [0.717, 1.165) is 11.1 Å². The molecular weight excluding hydrogens is 320 g/mol. The number of benzene rings is 1. The quantitative estimate of drug-likeness (QED) is 0.735. The molecular formula is C15H22N2O5S. The average molecular weight is 342 g/mol. The number of ether oxygens (including phenoxy) is 1. The van der Waals surface area contributed by atoms with Crippen molar-refractivity contribution in [1.29, 1.82) is 0 Å². The monoisotopic (exact) mass is 342 g/mol. The molecule has 0 saturated carbocycles. The molecule has 0 aliphatic carbocycles. The molecule has 8 heteroatoms. The second-order valence-electron chi connectivity index (χ2n) is 5.51. The Labute approximate surface area is 136 Å². The molecule has 0 aliphatic heterocycles. The first-order valence-corrected chi connectivity index (χ1v) is 8.50. The largest absolute Gasteiger partial charge is 0.454 e. The number of carbonyl (C=O) groups excluding carboxylic acids is 2. The average Bonchev–Trinajstić information content (AvgIpc) is 2.41. The predicted octanol–water partition coefficient (Wildman–Crippen LogP) is 0.616. The molecule has 0 bridgehead atoms. The fourth-order valence-corrected chi connectivity index (χ4v) is 4.00. The Kier molecular flexibility index (Phi) is 5.90. The van der Waals surface area contributed by atoms with Gasteiger partial charge in [0.15, 0.2) is 6.61 Å². The lowest BCUT2D eigenvalue weighted by atomic mass is 10.0. The van der Waals surface area contributed by atoms with E-state index in [0.29, 0.717) is 11.1 Å². The van der Waals surface area contributed by atoms with Crippen LogP contribution >= 0.6 is 0 Å². The second kappa shape index (κ2) is 7.10. The van der Waals surface area contributed by atoms with Crippen LogP contribution in [-0.4, -0.2) is 32.9 Å². The molecule has 3 N–H and O–H groups in total. The third-order valence-electron chi connectivity index (χ3n) is 3.61. The number of carbonyl (C=O) groups is 2. The standard InChI is InChI=1S/C15H22N2O5S/c1-8-6-9(2)11(4)14(10(8)3)23(20,21)17-12(5)15(19)22-7-13(16)18/h6,12,17H,7H2,1-5H3,(H2,16,18)/t12-/m1/s1. The van der Waals surface area contributed by atoms with Gasteiger partial charge in [-0.1, -0.05) is 6.07 Å². The summed E-state index contributed by atoms with van der Waals surface area (Å²) in [5.74, 6) is -1.68. The van der Waals surface area contributed by atoms with Gasteiger partial charge in [-0.05, 0) is 56.9 Å². The number of primary amides is 1. The van der Waals surface area contributed by atoms with Crippen molar-refractivity contribution in [2.45, 2.75) is 45.6 Å². The van der Waals surface area contributed by atoms with Crippen LogP contribution in [0.5, 0.6) is 0 Å². The molecule has 128 valence electrons. The normalized spacial score (nSPS) is 12.7. The van der Waals surface area contributed by atoms with E-state index in [9.17, 15) is 18.0 Å². The molecule has 1 rings (SSSR count). The summed E-state index contributed by atoms with van der Waals surface area (Å²) >= 11 is 0. The molecule has 0 saturated heterocycles. The van der Waals surface area contributed by atoms with Crippen molar-refractivity contribution >= 4 is 21.9 Å². The summed E-state index contributed by atoms with van der Waals surface area (Å²) in [5, 5.41) is 0. The summed E-state index contributed by atoms with van der Waals surface area (Å²) in [7, 11) is -3.92. The number of sulfonamides is 1. The zero-order valence-electron chi connectivity index (χ0n) is 13.9. The van der Waals surface area contributed by atoms with Crippen molar-refractivity contribution in [3.63, 3.8) is 0 Å². The lowest BCUT2D eigenvalue weighted by molar-refractivity contribution is -0.149. The molecule has 1 amide bonds. The minimum absolute atomic E-state index is 0.157. The molecule has 0 radical (unpaired) electrons. The summed E-state index contributed by atoms with van der Waals surface area (Å²) in [6, 6.07) is 0.771. The first-order valence-electron chi connectivity index (χ1n) is 7.02. The third kappa shape index (κ3) is 4.52. The smallest absolute Gasteiger partial charge is 0.324 e. The molecule has 1 atom stereocenters. The number of nitrogens with one attached hydrogen (secondary N) is 1. The molecule has 0 aromatic heterocycles. The van der Waals surface area contributed by atoms with Gasteiger partial charge in [0.1, 0.15) is 6.04 Å². The molecule has 0 spiro atoms. The van der Waals surface area contributed by atoms with Crippen LogP contribution in [-0.2, 0) is 24.3 Å². The molecule has 0 unspecified atom stereocenters. The van der Waals surface area contributed by atoms with Crippen molar-refractivity contribution in [3.8, 4) is 0 Å². The van der Waals surface area contributed by atoms with Crippen molar-refractivity contribution in [2.24, 2.45) is 5.73 Å². The first-order chi connectivity index (χ1) is 10.5. The van der Waals surface area contributed by atoms with Gasteiger partial charge in [-0.25, -0.2) is 8.42 Å². The van der Waals surface area contributed by atoms with E-state index < -0.39 is 34.5 Å². The highest BCUT2D eigenvalue weighted by molar-refractivity contribution is 7.89. The van der Waals surface area contributed by atoms with Gasteiger partial charge in [0, 0.05) is 0 Å². The number of esters is 1. The fraction of sp³-hybridized carbons (Fsp3) is 0.467. The number of amides is 1. The highest BCUT2D eigenvalue weighted by atomic mass is 32.2. The zero-order chi connectivity index (χ0) is 17.9. The van der Waals surface area contributed by atoms with Gasteiger partial charge in [-0.3, -0.25) is 9.59 Å². The Hall–Kier alpha value is -1.93. The minimum Gasteiger partial charge on any atom is -0.454 e. The maximum absolute atomic E-state index is 12.6. The summed E-state index contributed by atoms with van der Waals surface area (Å²) in [6.45, 7) is 7.83. The number of aryl methyl sites for hydroxylation is 2. The van der Waals surface area contributed by atoms with Gasteiger partial charge in [0.25, 0.3) is 5.91 Å². The lowest BCUT2D eigenvalue weighted by Gasteiger charge is -2.18. The van der Waals surface area contributed by atoms with Crippen LogP contribution in [0.4, 0.5) is 0 Å². The topological polar surface area (TPSA) is 116 Å². The number of rotatable bonds is 6. The van der Waals surface area contributed by atoms with Gasteiger partial charge in [-0.15, -0.1) is 0 Å². The van der Waals surface area contributed by atoms with Crippen molar-refractivity contribution < 1.29 is 22.7 Å². The molecule has 0 aliphatic rings. The van der Waals surface area contributed by atoms with E-state index in [-0.39, 0.29) is 4.90 Å². The maximum Gasteiger partial charge on any atom is 0.324 e. The highest BCUT2D eigenvalue weighted by Crippen LogP contribution is 2.26. The second-order valence-corrected chi connectivity index (χ2v) is 7.16. The summed E-state index contributed by atoms with van der Waals surface area (Å²) in [5.41, 5.74) is 7.81. The molecule has 1 aromatic rings. The predicted molar refractivity (Wildman–Crippen MR) is 85.3 cm³/mol. The Balaban J connectivity index is 3.10. The van der Waals surface area contributed by atoms with E-state index in [1.54, 1.807) is 13.8 Å². The SMILES string of the molecule is Cc1cc(C)c(C)c(S(=O)(=O)N[C@H](C)C(=O)OCC(N)=O)c1C. The molecule has 23 heavy (non-hydrogen) atoms. The van der Waals surface area contributed by atoms with Gasteiger partial charge >= 0.3 is 5.97 Å². The zero-order valence-corrected chi connectivity index (χ0v) is 14.7. The fourth-order valence-electron chi connectivity index (χ4n) is 2.19. The Bertz CT molecular complexity index is 714. The van der Waals surface area contributed by atoms with E-state index in [4.69, 9.17) is 5.73 Å². The van der Waals surface area contributed by atoms with Crippen molar-refractivity contribution in [2.75, 3.05) is 6.61 Å². The van der Waals surface area contributed by atoms with Gasteiger partial charge in [0.2, 0.25) is 10.0 Å². The van der Waals surface area contributed by atoms with Crippen LogP contribution in [0.25, 0.3) is 0 Å². The third-order valence-corrected chi connectivity index (χ3v) is 5.42. The van der Waals surface area contributed by atoms with E-state index in [2.05, 4.69) is 9.46 Å². The Morgan fingerprint density at radius 2 is 1.65 bits per heavy atom. The van der Waals surface area contributed by atoms with Gasteiger partial charge in [0.05, 0.1) is 4.90 Å². The maximum atomic E-state index is 12.6. The van der Waals surface area contributed by atoms with Crippen LogP contribution in [0.1, 0.15) is 29.2 Å². The molecule has 1 aromatic carbocycles. The first kappa shape index (κ1) is 19.1. The van der Waals surface area contributed by atoms with Crippen LogP contribution in [0, 0.1) is 27.7 Å². The molecule has 0 heterocycles. The molecule has 7 nitrogen and oxygen atoms in total. The minimum atomic E-state index is -3.92. The van der Waals surface area contributed by atoms with Crippen molar-refractivity contribution in [3.05, 3.63) is 28.3 Å².